The van der Waals surface area contributed by atoms with Gasteiger partial charge < -0.3 is 14.4 Å². The van der Waals surface area contributed by atoms with Crippen molar-refractivity contribution in [1.82, 2.24) is 4.90 Å². The summed E-state index contributed by atoms with van der Waals surface area (Å²) in [6, 6.07) is -0.202. The van der Waals surface area contributed by atoms with Gasteiger partial charge in [0, 0.05) is 13.2 Å². The Morgan fingerprint density at radius 1 is 1.36 bits per heavy atom. The van der Waals surface area contributed by atoms with Crippen molar-refractivity contribution < 1.29 is 14.3 Å². The lowest BCUT2D eigenvalue weighted by Crippen LogP contribution is -2.42. The first-order valence-corrected chi connectivity index (χ1v) is 5.20. The molecule has 0 spiro atoms. The highest BCUT2D eigenvalue weighted by Gasteiger charge is 2.34. The lowest BCUT2D eigenvalue weighted by Gasteiger charge is -2.23. The molecule has 2 rings (SSSR count). The number of rotatable bonds is 2. The minimum atomic E-state index is -0.282. The molecule has 2 atom stereocenters. The molecule has 1 amide bonds. The van der Waals surface area contributed by atoms with Gasteiger partial charge in [-0.2, -0.15) is 0 Å². The fourth-order valence-electron chi connectivity index (χ4n) is 2.16. The summed E-state index contributed by atoms with van der Waals surface area (Å²) in [6.07, 6.45) is 4.09. The molecule has 2 heterocycles. The molecule has 2 aliphatic rings. The summed E-state index contributed by atoms with van der Waals surface area (Å²) >= 11 is 0. The van der Waals surface area contributed by atoms with Crippen LogP contribution in [-0.2, 0) is 14.3 Å². The molecule has 78 valence electrons. The van der Waals surface area contributed by atoms with Crippen LogP contribution in [0.2, 0.25) is 0 Å². The number of nitrogens with zero attached hydrogens (tertiary/aromatic N) is 1. The van der Waals surface area contributed by atoms with Gasteiger partial charge in [0.2, 0.25) is 0 Å². The molecule has 0 aromatic heterocycles. The Balaban J connectivity index is 1.98. The van der Waals surface area contributed by atoms with Crippen LogP contribution in [0.3, 0.4) is 0 Å². The zero-order chi connectivity index (χ0) is 9.97. The Bertz CT molecular complexity index is 236. The third kappa shape index (κ3) is 1.66. The van der Waals surface area contributed by atoms with Gasteiger partial charge in [-0.05, 0) is 25.7 Å². The number of ether oxygens (including phenoxy) is 1. The van der Waals surface area contributed by atoms with E-state index in [1.165, 1.54) is 0 Å². The summed E-state index contributed by atoms with van der Waals surface area (Å²) < 4.78 is 5.31. The molecular weight excluding hydrogens is 182 g/mol. The highest BCUT2D eigenvalue weighted by molar-refractivity contribution is 5.84. The first kappa shape index (κ1) is 9.65. The van der Waals surface area contributed by atoms with Crippen molar-refractivity contribution in [2.45, 2.75) is 37.8 Å². The Morgan fingerprint density at radius 3 is 2.86 bits per heavy atom. The van der Waals surface area contributed by atoms with Crippen LogP contribution in [0.25, 0.3) is 0 Å². The van der Waals surface area contributed by atoms with E-state index in [1.54, 1.807) is 4.90 Å². The number of carbonyl (C=O) groups is 2. The van der Waals surface area contributed by atoms with E-state index in [2.05, 4.69) is 0 Å². The first-order chi connectivity index (χ1) is 6.83. The zero-order valence-corrected chi connectivity index (χ0v) is 8.15. The van der Waals surface area contributed by atoms with Gasteiger partial charge >= 0.3 is 0 Å². The normalized spacial score (nSPS) is 32.1. The number of hydrogen-bond donors (Lipinski definition) is 0. The van der Waals surface area contributed by atoms with Gasteiger partial charge in [0.15, 0.2) is 0 Å². The number of carbonyl (C=O) groups excluding carboxylic acids is 2. The lowest BCUT2D eigenvalue weighted by molar-refractivity contribution is -0.143. The number of hydrogen-bond acceptors (Lipinski definition) is 3. The first-order valence-electron chi connectivity index (χ1n) is 5.20. The van der Waals surface area contributed by atoms with Crippen LogP contribution in [0, 0.1) is 0 Å². The van der Waals surface area contributed by atoms with Crippen molar-refractivity contribution in [3.05, 3.63) is 0 Å². The second-order valence-electron chi connectivity index (χ2n) is 3.88. The van der Waals surface area contributed by atoms with Gasteiger partial charge in [0.05, 0.1) is 6.04 Å². The maximum absolute atomic E-state index is 11.9. The molecule has 2 aliphatic heterocycles. The van der Waals surface area contributed by atoms with Crippen molar-refractivity contribution in [1.29, 1.82) is 0 Å². The van der Waals surface area contributed by atoms with E-state index in [0.29, 0.717) is 13.2 Å². The minimum Gasteiger partial charge on any atom is -0.368 e. The van der Waals surface area contributed by atoms with Gasteiger partial charge in [-0.3, -0.25) is 4.79 Å². The average Bonchev–Trinajstić information content (AvgIpc) is 2.87. The summed E-state index contributed by atoms with van der Waals surface area (Å²) in [5.74, 6) is 0.0112. The third-order valence-corrected chi connectivity index (χ3v) is 2.94. The number of likely N-dealkylation sites (tertiary alicyclic amines) is 1. The van der Waals surface area contributed by atoms with Crippen molar-refractivity contribution in [3.8, 4) is 0 Å². The molecule has 0 aromatic carbocycles. The predicted molar refractivity (Wildman–Crippen MR) is 49.8 cm³/mol. The van der Waals surface area contributed by atoms with Crippen LogP contribution in [0.4, 0.5) is 0 Å². The predicted octanol–water partition coefficient (Wildman–Crippen LogP) is 0.355. The van der Waals surface area contributed by atoms with E-state index in [9.17, 15) is 9.59 Å². The van der Waals surface area contributed by atoms with Crippen LogP contribution in [0.1, 0.15) is 25.7 Å². The highest BCUT2D eigenvalue weighted by Crippen LogP contribution is 2.21. The molecule has 0 bridgehead atoms. The average molecular weight is 197 g/mol. The van der Waals surface area contributed by atoms with E-state index in [1.807, 2.05) is 0 Å². The largest absolute Gasteiger partial charge is 0.368 e. The summed E-state index contributed by atoms with van der Waals surface area (Å²) in [6.45, 7) is 1.39. The van der Waals surface area contributed by atoms with Crippen molar-refractivity contribution >= 4 is 12.2 Å². The number of aldehydes is 1. The van der Waals surface area contributed by atoms with E-state index < -0.39 is 0 Å². The Kier molecular flexibility index (Phi) is 2.82. The Morgan fingerprint density at radius 2 is 2.21 bits per heavy atom. The second-order valence-corrected chi connectivity index (χ2v) is 3.88. The lowest BCUT2D eigenvalue weighted by atomic mass is 10.2. The SMILES string of the molecule is O=CC1CCCN1C(=O)C1CCCO1. The Labute approximate surface area is 83.2 Å². The summed E-state index contributed by atoms with van der Waals surface area (Å²) in [7, 11) is 0. The molecule has 0 N–H and O–H groups in total. The van der Waals surface area contributed by atoms with E-state index in [-0.39, 0.29) is 18.1 Å². The molecule has 0 aromatic rings. The van der Waals surface area contributed by atoms with Gasteiger partial charge in [-0.1, -0.05) is 0 Å². The minimum absolute atomic E-state index is 0.0112. The second kappa shape index (κ2) is 4.09. The quantitative estimate of drug-likeness (QED) is 0.600. The Hall–Kier alpha value is -0.900. The summed E-state index contributed by atoms with van der Waals surface area (Å²) in [4.78, 5) is 24.2. The topological polar surface area (TPSA) is 46.6 Å². The van der Waals surface area contributed by atoms with Gasteiger partial charge in [-0.15, -0.1) is 0 Å². The molecule has 2 unspecified atom stereocenters. The van der Waals surface area contributed by atoms with Gasteiger partial charge in [0.1, 0.15) is 12.4 Å². The van der Waals surface area contributed by atoms with Crippen LogP contribution >= 0.6 is 0 Å². The third-order valence-electron chi connectivity index (χ3n) is 2.94. The maximum Gasteiger partial charge on any atom is 0.252 e. The van der Waals surface area contributed by atoms with Crippen molar-refractivity contribution in [2.75, 3.05) is 13.2 Å². The van der Waals surface area contributed by atoms with Crippen LogP contribution in [0.5, 0.6) is 0 Å². The monoisotopic (exact) mass is 197 g/mol. The van der Waals surface area contributed by atoms with Crippen LogP contribution in [0.15, 0.2) is 0 Å². The van der Waals surface area contributed by atoms with Gasteiger partial charge in [0.25, 0.3) is 5.91 Å². The van der Waals surface area contributed by atoms with E-state index in [0.717, 1.165) is 32.0 Å². The van der Waals surface area contributed by atoms with Crippen LogP contribution in [-0.4, -0.2) is 42.4 Å². The van der Waals surface area contributed by atoms with Crippen LogP contribution < -0.4 is 0 Å². The standard InChI is InChI=1S/C10H15NO3/c12-7-8-3-1-5-11(8)10(13)9-4-2-6-14-9/h7-9H,1-6H2. The van der Waals surface area contributed by atoms with Crippen molar-refractivity contribution in [2.24, 2.45) is 0 Å². The zero-order valence-electron chi connectivity index (χ0n) is 8.15. The molecular formula is C10H15NO3. The molecule has 4 nitrogen and oxygen atoms in total. The smallest absolute Gasteiger partial charge is 0.252 e. The van der Waals surface area contributed by atoms with Crippen molar-refractivity contribution in [3.63, 3.8) is 0 Å². The summed E-state index contributed by atoms with van der Waals surface area (Å²) in [5.41, 5.74) is 0. The molecule has 0 saturated carbocycles. The fourth-order valence-corrected chi connectivity index (χ4v) is 2.16. The molecule has 2 fully saturated rings. The van der Waals surface area contributed by atoms with Gasteiger partial charge in [-0.25, -0.2) is 0 Å². The molecule has 0 radical (unpaired) electrons. The molecule has 2 saturated heterocycles. The fraction of sp³-hybridized carbons (Fsp3) is 0.800. The summed E-state index contributed by atoms with van der Waals surface area (Å²) in [5, 5.41) is 0. The molecule has 0 aliphatic carbocycles. The maximum atomic E-state index is 11.9. The highest BCUT2D eigenvalue weighted by atomic mass is 16.5. The number of amides is 1. The molecule has 14 heavy (non-hydrogen) atoms. The van der Waals surface area contributed by atoms with E-state index >= 15 is 0 Å². The van der Waals surface area contributed by atoms with E-state index in [4.69, 9.17) is 4.74 Å². The molecule has 4 heteroatoms.